The Morgan fingerprint density at radius 2 is 1.29 bits per heavy atom. The van der Waals surface area contributed by atoms with Gasteiger partial charge in [-0.05, 0) is 70.2 Å². The van der Waals surface area contributed by atoms with Crippen LogP contribution < -0.4 is 70.0 Å². The number of hydrogen-bond acceptors (Lipinski definition) is 26. The maximum Gasteiger partial charge on any atom is 0.329 e. The van der Waals surface area contributed by atoms with E-state index in [1.54, 1.807) is 37.3 Å². The summed E-state index contributed by atoms with van der Waals surface area (Å²) >= 11 is 12.9. The van der Waals surface area contributed by atoms with Crippen LogP contribution in [0.25, 0.3) is 0 Å². The number of ether oxygens (including phenoxy) is 3. The van der Waals surface area contributed by atoms with Gasteiger partial charge in [-0.2, -0.15) is 0 Å². The number of aliphatic hydroxyl groups excluding tert-OH is 1. The highest BCUT2D eigenvalue weighted by Gasteiger charge is 2.41. The predicted octanol–water partition coefficient (Wildman–Crippen LogP) is -0.291. The topological polar surface area (TPSA) is 597 Å². The molecule has 0 saturated carbocycles. The van der Waals surface area contributed by atoms with E-state index >= 15 is 4.79 Å². The number of halogens is 2. The Balaban J connectivity index is 2.34. The molecule has 18 N–H and O–H groups in total. The normalized spacial score (nSPS) is 21.1. The van der Waals surface area contributed by atoms with Gasteiger partial charge in [-0.25, -0.2) is 4.79 Å². The number of aliphatic carboxylic acids is 2. The van der Waals surface area contributed by atoms with Gasteiger partial charge in [0.1, 0.15) is 55.6 Å². The molecule has 116 heavy (non-hydrogen) atoms. The second-order valence-corrected chi connectivity index (χ2v) is 28.7. The molecule has 1 fully saturated rings. The molecule has 1 saturated heterocycles. The lowest BCUT2D eigenvalue weighted by Crippen LogP contribution is -2.57. The maximum atomic E-state index is 15.1. The van der Waals surface area contributed by atoms with Gasteiger partial charge < -0.3 is 99.5 Å². The van der Waals surface area contributed by atoms with Crippen LogP contribution in [0.5, 0.6) is 0 Å². The van der Waals surface area contributed by atoms with Crippen molar-refractivity contribution >= 4 is 142 Å². The summed E-state index contributed by atoms with van der Waals surface area (Å²) in [5, 5.41) is 57.2. The average Bonchev–Trinajstić information content (AvgIpc) is 0.814. The molecule has 0 aromatic heterocycles. The number of carboxylic acid groups (broad SMARTS) is 2. The number of aliphatic hydroxyl groups is 1. The second kappa shape index (κ2) is 52.5. The minimum atomic E-state index is -2.37. The van der Waals surface area contributed by atoms with Gasteiger partial charge in [-0.1, -0.05) is 112 Å². The number of carbonyl (C=O) groups excluding carboxylic acids is 17. The molecule has 0 spiro atoms. The Labute approximate surface area is 679 Å². The van der Waals surface area contributed by atoms with Crippen molar-refractivity contribution < 1.29 is 121 Å². The number of anilines is 1. The van der Waals surface area contributed by atoms with Gasteiger partial charge in [-0.15, -0.1) is 0 Å². The lowest BCUT2D eigenvalue weighted by Gasteiger charge is -2.29. The first-order valence-electron chi connectivity index (χ1n) is 37.8. The molecular formula is C76H107Cl2N13O25. The third-order valence-corrected chi connectivity index (χ3v) is 19.0. The van der Waals surface area contributed by atoms with Crippen molar-refractivity contribution in [1.29, 1.82) is 0 Å². The number of rotatable bonds is 40. The van der Waals surface area contributed by atoms with Crippen LogP contribution in [0.1, 0.15) is 160 Å². The molecule has 0 aliphatic carbocycles. The number of ketones is 4. The monoisotopic (exact) mass is 1670 g/mol. The van der Waals surface area contributed by atoms with E-state index in [1.165, 1.54) is 19.9 Å². The lowest BCUT2D eigenvalue weighted by molar-refractivity contribution is -0.156. The molecular weight excluding hydrogens is 1570 g/mol. The second-order valence-electron chi connectivity index (χ2n) is 27.9. The number of hydrogen-bond donors (Lipinski definition) is 16. The summed E-state index contributed by atoms with van der Waals surface area (Å²) in [6, 6.07) is -3.60. The largest absolute Gasteiger partial charge is 0.481 e. The number of cyclic esters (lactones) is 1. The number of amides is 10. The summed E-state index contributed by atoms with van der Waals surface area (Å²) in [7, 11) is 0. The van der Waals surface area contributed by atoms with Crippen LogP contribution in [-0.4, -0.2) is 229 Å². The number of carboxylic acids is 2. The molecule has 1 aliphatic heterocycles. The van der Waals surface area contributed by atoms with Gasteiger partial charge in [0.25, 0.3) is 12.9 Å². The number of carbonyl (C=O) groups is 19. The van der Waals surface area contributed by atoms with Gasteiger partial charge >= 0.3 is 17.9 Å². The number of nitrogens with two attached hydrogens (primary N) is 2. The van der Waals surface area contributed by atoms with Crippen molar-refractivity contribution in [3.05, 3.63) is 75.9 Å². The number of benzene rings is 2. The Morgan fingerprint density at radius 3 is 1.91 bits per heavy atom. The third kappa shape index (κ3) is 35.8. The third-order valence-electron chi connectivity index (χ3n) is 18.5. The van der Waals surface area contributed by atoms with Crippen LogP contribution in [0, 0.1) is 23.7 Å². The Hall–Kier alpha value is -11.0. The van der Waals surface area contributed by atoms with E-state index < -0.39 is 256 Å². The molecule has 40 heteroatoms. The Bertz CT molecular complexity index is 3800. The van der Waals surface area contributed by atoms with Crippen LogP contribution >= 0.6 is 23.2 Å². The van der Waals surface area contributed by atoms with E-state index in [-0.39, 0.29) is 78.7 Å². The SMILES string of the molecule is C=C1NCC(=O)N[C@H](CO)C(=O)C[C@@H]([C@H](C)CC(=O)O)C(=O)N[C@@H](CC(=O)c2cc(Cl)cc(Cl)c2NCC)C(=O)O[C@H](C)[C@H](NC(=O)[C@H](CC(=O)O)CC(=O)[C@@H](CC(N)=O)NC(=O)[C@H](Cc2ccccc2)NC(=O)CCCCCCCCC)C(=O)NCC(=O)N[C@@H](CCCN)C(=O)C[C@@H](COC=O)C(=O)N[C@H](C)C(=O)N[C@H]1COC=O. The summed E-state index contributed by atoms with van der Waals surface area (Å²) in [6.45, 7) is 6.20. The first-order valence-corrected chi connectivity index (χ1v) is 38.6. The van der Waals surface area contributed by atoms with Gasteiger partial charge in [0.2, 0.25) is 59.1 Å². The highest BCUT2D eigenvalue weighted by atomic mass is 35.5. The van der Waals surface area contributed by atoms with Gasteiger partial charge in [0.05, 0.1) is 67.2 Å². The zero-order valence-corrected chi connectivity index (χ0v) is 66.8. The van der Waals surface area contributed by atoms with Crippen LogP contribution in [-0.2, 0) is 107 Å². The summed E-state index contributed by atoms with van der Waals surface area (Å²) < 4.78 is 15.5. The molecule has 1 aliphatic rings. The summed E-state index contributed by atoms with van der Waals surface area (Å²) in [5.41, 5.74) is 11.4. The molecule has 0 unspecified atom stereocenters. The van der Waals surface area contributed by atoms with Crippen molar-refractivity contribution in [3.63, 3.8) is 0 Å². The van der Waals surface area contributed by atoms with E-state index in [4.69, 9.17) is 48.9 Å². The van der Waals surface area contributed by atoms with Crippen LogP contribution in [0.15, 0.2) is 54.7 Å². The lowest BCUT2D eigenvalue weighted by atomic mass is 9.84. The number of esters is 1. The van der Waals surface area contributed by atoms with E-state index in [0.29, 0.717) is 18.4 Å². The fraction of sp³-hybridized carbons (Fsp3) is 0.566. The van der Waals surface area contributed by atoms with E-state index in [1.807, 2.05) is 0 Å². The molecule has 2 aromatic rings. The molecule has 2 aromatic carbocycles. The van der Waals surface area contributed by atoms with Gasteiger partial charge in [-0.3, -0.25) is 86.3 Å². The smallest absolute Gasteiger partial charge is 0.329 e. The van der Waals surface area contributed by atoms with Crippen molar-refractivity contribution in [2.75, 3.05) is 51.3 Å². The molecule has 10 amide bonds. The first kappa shape index (κ1) is 99.2. The molecule has 38 nitrogen and oxygen atoms in total. The highest BCUT2D eigenvalue weighted by molar-refractivity contribution is 6.37. The molecule has 0 radical (unpaired) electrons. The predicted molar refractivity (Wildman–Crippen MR) is 415 cm³/mol. The van der Waals surface area contributed by atoms with Crippen LogP contribution in [0.4, 0.5) is 5.69 Å². The molecule has 0 bridgehead atoms. The maximum absolute atomic E-state index is 15.1. The Morgan fingerprint density at radius 1 is 0.681 bits per heavy atom. The minimum absolute atomic E-state index is 0.000733. The molecule has 1 heterocycles. The number of primary amides is 1. The summed E-state index contributed by atoms with van der Waals surface area (Å²) in [6.07, 6.45) is -3.63. The van der Waals surface area contributed by atoms with Crippen molar-refractivity contribution in [2.24, 2.45) is 35.1 Å². The molecule has 13 atom stereocenters. The van der Waals surface area contributed by atoms with Gasteiger partial charge in [0.15, 0.2) is 23.1 Å². The molecule has 640 valence electrons. The van der Waals surface area contributed by atoms with Crippen molar-refractivity contribution in [3.8, 4) is 0 Å². The fourth-order valence-electron chi connectivity index (χ4n) is 12.2. The van der Waals surface area contributed by atoms with Gasteiger partial charge in [0, 0.05) is 73.7 Å². The zero-order chi connectivity index (χ0) is 86.7. The van der Waals surface area contributed by atoms with Crippen LogP contribution in [0.3, 0.4) is 0 Å². The average molecular weight is 1670 g/mol. The van der Waals surface area contributed by atoms with E-state index in [2.05, 4.69) is 72.0 Å². The standard InChI is InChI=1S/C76H107Cl2N13O25/c1-7-9-10-11-12-13-17-22-63(100)86-54(25-45-19-15-14-16-20-45)74(111)88-53(33-62(80)99)60(97)26-46(28-67(105)106)71(108)91-68-44(6)116-76(113)55(32-58(95)50-29-48(77)30-51(78)69(50)81-8-2)89-73(110)49(41(3)24-66(103)104)31-61(98)56(36-92)87-64(101)34-82-42(4)57(38-115-40-94)90-70(107)43(5)84-72(109)47(37-114-39-93)27-59(96)52(21-18-23-79)85-65(102)35-83-75(68)112/h14-16,19-20,29-30,39-41,43-44,46-47,49,52-57,68,81-82,92H,4,7-13,17-18,21-28,31-38,79H2,1-3,5-6H3,(H2,80,99)(H,83,112)(H,84,109)(H,85,102)(H,86,100)(H,87,101)(H,88,111)(H,89,110)(H,90,107)(H,91,108)(H,103,104)(H,105,106)/t41-,43-,44-,46+,47+,49+,52+,53-,54+,55+,56-,57+,68+/m1/s1. The highest BCUT2D eigenvalue weighted by Crippen LogP contribution is 2.32. The first-order chi connectivity index (χ1) is 55.0. The minimum Gasteiger partial charge on any atom is -0.481 e. The van der Waals surface area contributed by atoms with Crippen molar-refractivity contribution in [2.45, 2.75) is 205 Å². The van der Waals surface area contributed by atoms with Crippen LogP contribution in [0.2, 0.25) is 10.0 Å². The zero-order valence-electron chi connectivity index (χ0n) is 65.3. The van der Waals surface area contributed by atoms with E-state index in [0.717, 1.165) is 45.1 Å². The quantitative estimate of drug-likeness (QED) is 0.0134. The number of Topliss-reactive ketones (excluding diaryl/α,β-unsaturated/α-hetero) is 4. The summed E-state index contributed by atoms with van der Waals surface area (Å²) in [5.74, 6) is -27.5. The number of unbranched alkanes of at least 4 members (excludes halogenated alkanes) is 6. The Kier molecular flexibility index (Phi) is 44.9. The number of nitrogens with one attached hydrogen (secondary N) is 11. The molecule has 3 rings (SSSR count). The van der Waals surface area contributed by atoms with Crippen molar-refractivity contribution in [1.82, 2.24) is 53.2 Å². The summed E-state index contributed by atoms with van der Waals surface area (Å²) in [4.78, 5) is 261. The van der Waals surface area contributed by atoms with E-state index in [9.17, 15) is 102 Å². The fourth-order valence-corrected chi connectivity index (χ4v) is 12.7.